The topological polar surface area (TPSA) is 129 Å². The molecule has 1 fully saturated rings. The number of hydrogen-bond donors (Lipinski definition) is 4. The number of aliphatic hydroxyl groups excluding tert-OH is 3. The predicted octanol–water partition coefficient (Wildman–Crippen LogP) is 2.72. The zero-order chi connectivity index (χ0) is 29.5. The van der Waals surface area contributed by atoms with Gasteiger partial charge in [-0.05, 0) is 83.3 Å². The molecule has 2 amide bonds. The fraction of sp³-hybridized carbons (Fsp3) is 0.467. The third-order valence-electron chi connectivity index (χ3n) is 7.61. The van der Waals surface area contributed by atoms with Gasteiger partial charge in [-0.2, -0.15) is 0 Å². The molecule has 2 aromatic rings. The summed E-state index contributed by atoms with van der Waals surface area (Å²) in [5.41, 5.74) is 1.65. The summed E-state index contributed by atoms with van der Waals surface area (Å²) in [6.45, 7) is -0.157. The molecule has 41 heavy (non-hydrogen) atoms. The lowest BCUT2D eigenvalue weighted by molar-refractivity contribution is -0.145. The average Bonchev–Trinajstić information content (AvgIpc) is 2.93. The second-order valence-corrected chi connectivity index (χ2v) is 11.5. The summed E-state index contributed by atoms with van der Waals surface area (Å²) in [7, 11) is 1.47. The number of aliphatic hydroxyl groups is 3. The molecule has 4 rings (SSSR count). The average molecular weight is 683 g/mol. The van der Waals surface area contributed by atoms with E-state index in [0.29, 0.717) is 38.2 Å². The minimum atomic E-state index is -1.20. The molecular formula is C30H36FIN2O7. The lowest BCUT2D eigenvalue weighted by Gasteiger charge is -2.43. The molecular weight excluding hydrogens is 646 g/mol. The number of rotatable bonds is 12. The van der Waals surface area contributed by atoms with Gasteiger partial charge in [0.1, 0.15) is 18.0 Å². The molecule has 2 aliphatic carbocycles. The maximum atomic E-state index is 13.9. The first-order chi connectivity index (χ1) is 19.7. The minimum absolute atomic E-state index is 0.0492. The van der Waals surface area contributed by atoms with Gasteiger partial charge < -0.3 is 35.0 Å². The van der Waals surface area contributed by atoms with Crippen molar-refractivity contribution in [1.29, 1.82) is 0 Å². The third kappa shape index (κ3) is 7.56. The molecule has 4 N–H and O–H groups in total. The largest absolute Gasteiger partial charge is 0.493 e. The molecule has 11 heteroatoms. The summed E-state index contributed by atoms with van der Waals surface area (Å²) in [5, 5.41) is 33.2. The van der Waals surface area contributed by atoms with Crippen molar-refractivity contribution in [2.75, 3.05) is 26.8 Å². The third-order valence-corrected chi connectivity index (χ3v) is 8.41. The number of ether oxygens (including phenoxy) is 2. The fourth-order valence-electron chi connectivity index (χ4n) is 5.17. The molecule has 0 aliphatic heterocycles. The van der Waals surface area contributed by atoms with Crippen LogP contribution in [0.15, 0.2) is 48.0 Å². The van der Waals surface area contributed by atoms with E-state index in [0.717, 1.165) is 19.3 Å². The van der Waals surface area contributed by atoms with Crippen LogP contribution in [0.5, 0.6) is 11.5 Å². The van der Waals surface area contributed by atoms with E-state index in [1.165, 1.54) is 19.2 Å². The van der Waals surface area contributed by atoms with E-state index in [9.17, 15) is 29.3 Å². The van der Waals surface area contributed by atoms with Crippen molar-refractivity contribution in [2.24, 2.45) is 5.92 Å². The SMILES string of the molecule is COc1cc(CO)cc(I)c1OC1C=C(C(=O)NCCO)CC(N(CCc2cccc(F)c2)C(=O)C2CCC2)C1O. The standard InChI is InChI=1S/C30H36FIN2O7/c1-40-26-14-19(17-36)13-23(32)28(26)41-25-16-21(29(38)33-9-11-35)15-24(27(25)37)34(30(39)20-5-3-6-20)10-8-18-4-2-7-22(31)12-18/h2,4,7,12-14,16,20,24-25,27,35-37H,3,5-6,8-11,15,17H2,1H3,(H,33,38). The lowest BCUT2D eigenvalue weighted by atomic mass is 9.82. The van der Waals surface area contributed by atoms with Gasteiger partial charge in [0, 0.05) is 31.0 Å². The zero-order valence-electron chi connectivity index (χ0n) is 22.9. The zero-order valence-corrected chi connectivity index (χ0v) is 25.1. The number of hydrogen-bond acceptors (Lipinski definition) is 7. The molecule has 0 spiro atoms. The number of halogens is 2. The van der Waals surface area contributed by atoms with E-state index in [-0.39, 0.29) is 50.4 Å². The van der Waals surface area contributed by atoms with Crippen molar-refractivity contribution in [2.45, 2.75) is 57.0 Å². The van der Waals surface area contributed by atoms with Crippen LogP contribution in [0.4, 0.5) is 4.39 Å². The summed E-state index contributed by atoms with van der Waals surface area (Å²) < 4.78 is 26.3. The van der Waals surface area contributed by atoms with Gasteiger partial charge in [-0.25, -0.2) is 4.39 Å². The summed E-state index contributed by atoms with van der Waals surface area (Å²) in [5.74, 6) is -0.387. The van der Waals surface area contributed by atoms with Crippen LogP contribution in [0.2, 0.25) is 0 Å². The van der Waals surface area contributed by atoms with Gasteiger partial charge in [-0.3, -0.25) is 9.59 Å². The second-order valence-electron chi connectivity index (χ2n) is 10.3. The number of carbonyl (C=O) groups is 2. The van der Waals surface area contributed by atoms with Gasteiger partial charge in [-0.1, -0.05) is 18.6 Å². The number of amides is 2. The van der Waals surface area contributed by atoms with Crippen molar-refractivity contribution in [3.05, 3.63) is 68.6 Å². The number of nitrogens with one attached hydrogen (secondary N) is 1. The molecule has 0 heterocycles. The van der Waals surface area contributed by atoms with Gasteiger partial charge in [0.15, 0.2) is 11.5 Å². The van der Waals surface area contributed by atoms with Gasteiger partial charge in [0.2, 0.25) is 11.8 Å². The Balaban J connectivity index is 1.68. The van der Waals surface area contributed by atoms with E-state index in [1.807, 2.05) is 0 Å². The maximum Gasteiger partial charge on any atom is 0.247 e. The van der Waals surface area contributed by atoms with Crippen LogP contribution >= 0.6 is 22.6 Å². The monoisotopic (exact) mass is 682 g/mol. The highest BCUT2D eigenvalue weighted by Gasteiger charge is 2.43. The highest BCUT2D eigenvalue weighted by atomic mass is 127. The van der Waals surface area contributed by atoms with Gasteiger partial charge in [0.05, 0.1) is 29.9 Å². The summed E-state index contributed by atoms with van der Waals surface area (Å²) in [4.78, 5) is 28.4. The molecule has 2 aliphatic rings. The van der Waals surface area contributed by atoms with Crippen LogP contribution < -0.4 is 14.8 Å². The number of nitrogens with zero attached hydrogens (tertiary/aromatic N) is 1. The molecule has 3 unspecified atom stereocenters. The Labute approximate surface area is 252 Å². The molecule has 222 valence electrons. The predicted molar refractivity (Wildman–Crippen MR) is 158 cm³/mol. The molecule has 3 atom stereocenters. The van der Waals surface area contributed by atoms with Crippen LogP contribution in [0.25, 0.3) is 0 Å². The Morgan fingerprint density at radius 1 is 1.17 bits per heavy atom. The maximum absolute atomic E-state index is 13.9. The first kappa shape index (κ1) is 31.2. The Morgan fingerprint density at radius 3 is 2.59 bits per heavy atom. The number of benzene rings is 2. The van der Waals surface area contributed by atoms with E-state index in [1.54, 1.807) is 35.2 Å². The highest BCUT2D eigenvalue weighted by Crippen LogP contribution is 2.38. The summed E-state index contributed by atoms with van der Waals surface area (Å²) in [6.07, 6.45) is 2.24. The first-order valence-electron chi connectivity index (χ1n) is 13.7. The van der Waals surface area contributed by atoms with E-state index in [2.05, 4.69) is 27.9 Å². The van der Waals surface area contributed by atoms with Crippen molar-refractivity contribution in [3.8, 4) is 11.5 Å². The molecule has 0 radical (unpaired) electrons. The fourth-order valence-corrected chi connectivity index (χ4v) is 5.96. The minimum Gasteiger partial charge on any atom is -0.493 e. The van der Waals surface area contributed by atoms with Crippen LogP contribution in [0, 0.1) is 15.3 Å². The smallest absolute Gasteiger partial charge is 0.247 e. The number of methoxy groups -OCH3 is 1. The Hall–Kier alpha value is -2.74. The molecule has 0 aromatic heterocycles. The molecule has 0 bridgehead atoms. The van der Waals surface area contributed by atoms with Crippen molar-refractivity contribution < 1.29 is 38.8 Å². The van der Waals surface area contributed by atoms with Crippen molar-refractivity contribution in [1.82, 2.24) is 10.2 Å². The van der Waals surface area contributed by atoms with Crippen LogP contribution in [-0.4, -0.2) is 77.1 Å². The van der Waals surface area contributed by atoms with Crippen molar-refractivity contribution >= 4 is 34.4 Å². The van der Waals surface area contributed by atoms with Crippen LogP contribution in [-0.2, 0) is 22.6 Å². The molecule has 9 nitrogen and oxygen atoms in total. The van der Waals surface area contributed by atoms with Crippen LogP contribution in [0.3, 0.4) is 0 Å². The normalized spacial score (nSPS) is 20.5. The highest BCUT2D eigenvalue weighted by molar-refractivity contribution is 14.1. The second kappa shape index (κ2) is 14.4. The Kier molecular flexibility index (Phi) is 11.0. The summed E-state index contributed by atoms with van der Waals surface area (Å²) >= 11 is 2.05. The molecule has 2 aromatic carbocycles. The van der Waals surface area contributed by atoms with E-state index < -0.39 is 24.2 Å². The first-order valence-corrected chi connectivity index (χ1v) is 14.8. The number of carbonyl (C=O) groups excluding carboxylic acids is 2. The quantitative estimate of drug-likeness (QED) is 0.254. The Bertz CT molecular complexity index is 1270. The van der Waals surface area contributed by atoms with E-state index >= 15 is 0 Å². The van der Waals surface area contributed by atoms with E-state index in [4.69, 9.17) is 9.47 Å². The van der Waals surface area contributed by atoms with Crippen LogP contribution in [0.1, 0.15) is 36.8 Å². The van der Waals surface area contributed by atoms with Crippen molar-refractivity contribution in [3.63, 3.8) is 0 Å². The van der Waals surface area contributed by atoms with Gasteiger partial charge >= 0.3 is 0 Å². The summed E-state index contributed by atoms with van der Waals surface area (Å²) in [6, 6.07) is 8.76. The van der Waals surface area contributed by atoms with Gasteiger partial charge in [0.25, 0.3) is 0 Å². The Morgan fingerprint density at radius 2 is 1.95 bits per heavy atom. The lowest BCUT2D eigenvalue weighted by Crippen LogP contribution is -2.57. The van der Waals surface area contributed by atoms with Gasteiger partial charge in [-0.15, -0.1) is 0 Å². The molecule has 0 saturated heterocycles. The molecule has 1 saturated carbocycles.